The van der Waals surface area contributed by atoms with Crippen molar-refractivity contribution in [1.82, 2.24) is 14.5 Å². The third-order valence-electron chi connectivity index (χ3n) is 4.16. The maximum absolute atomic E-state index is 14.2. The van der Waals surface area contributed by atoms with Crippen LogP contribution in [0.2, 0.25) is 0 Å². The molecular weight excluding hydrogens is 354 g/mol. The SMILES string of the molecule is C[C@H](O)[C@H]1O[C@@H](n2cc(F)c3c(=O)[nH]c(N)nc32)[C@@](O)(C#CCF)C1O. The maximum atomic E-state index is 14.2. The third kappa shape index (κ3) is 2.63. The quantitative estimate of drug-likeness (QED) is 0.417. The van der Waals surface area contributed by atoms with Crippen molar-refractivity contribution in [2.24, 2.45) is 0 Å². The molecule has 6 N–H and O–H groups in total. The van der Waals surface area contributed by atoms with Gasteiger partial charge in [0, 0.05) is 6.20 Å². The average molecular weight is 370 g/mol. The molecule has 0 saturated carbocycles. The van der Waals surface area contributed by atoms with Crippen LogP contribution < -0.4 is 11.3 Å². The fourth-order valence-electron chi connectivity index (χ4n) is 3.00. The molecule has 0 spiro atoms. The van der Waals surface area contributed by atoms with E-state index in [1.807, 2.05) is 5.92 Å². The number of nitrogens with one attached hydrogen (secondary N) is 1. The summed E-state index contributed by atoms with van der Waals surface area (Å²) in [5.41, 5.74) is 1.96. The lowest BCUT2D eigenvalue weighted by molar-refractivity contribution is -0.0846. The Labute approximate surface area is 145 Å². The van der Waals surface area contributed by atoms with Crippen molar-refractivity contribution in [3.8, 4) is 11.8 Å². The van der Waals surface area contributed by atoms with Crippen molar-refractivity contribution in [2.45, 2.75) is 37.1 Å². The number of hydrogen-bond donors (Lipinski definition) is 5. The molecule has 9 nitrogen and oxygen atoms in total. The summed E-state index contributed by atoms with van der Waals surface area (Å²) in [6, 6.07) is 0. The van der Waals surface area contributed by atoms with E-state index >= 15 is 0 Å². The number of H-pyrrole nitrogens is 1. The largest absolute Gasteiger partial charge is 0.391 e. The minimum absolute atomic E-state index is 0.271. The fourth-order valence-corrected chi connectivity index (χ4v) is 3.00. The molecule has 0 aromatic carbocycles. The number of anilines is 1. The van der Waals surface area contributed by atoms with E-state index in [4.69, 9.17) is 10.5 Å². The second-order valence-electron chi connectivity index (χ2n) is 5.93. The number of aliphatic hydroxyl groups is 3. The summed E-state index contributed by atoms with van der Waals surface area (Å²) < 4.78 is 33.1. The maximum Gasteiger partial charge on any atom is 0.264 e. The predicted molar refractivity (Wildman–Crippen MR) is 85.0 cm³/mol. The molecule has 2 aromatic rings. The van der Waals surface area contributed by atoms with Crippen LogP contribution in [-0.4, -0.2) is 60.4 Å². The summed E-state index contributed by atoms with van der Waals surface area (Å²) in [6.07, 6.45) is -5.06. The van der Waals surface area contributed by atoms with Gasteiger partial charge in [0.05, 0.1) is 6.10 Å². The van der Waals surface area contributed by atoms with Crippen molar-refractivity contribution >= 4 is 17.0 Å². The fraction of sp³-hybridized carbons (Fsp3) is 0.467. The van der Waals surface area contributed by atoms with E-state index in [0.717, 1.165) is 10.8 Å². The van der Waals surface area contributed by atoms with Crippen LogP contribution in [0, 0.1) is 17.7 Å². The van der Waals surface area contributed by atoms with Gasteiger partial charge < -0.3 is 25.8 Å². The molecule has 140 valence electrons. The molecule has 0 radical (unpaired) electrons. The Morgan fingerprint density at radius 1 is 1.62 bits per heavy atom. The lowest BCUT2D eigenvalue weighted by atomic mass is 9.92. The monoisotopic (exact) mass is 370 g/mol. The number of nitrogen functional groups attached to an aromatic ring is 1. The van der Waals surface area contributed by atoms with Gasteiger partial charge in [0.15, 0.2) is 23.3 Å². The van der Waals surface area contributed by atoms with E-state index in [1.165, 1.54) is 6.92 Å². The van der Waals surface area contributed by atoms with Crippen LogP contribution >= 0.6 is 0 Å². The lowest BCUT2D eigenvalue weighted by Gasteiger charge is -2.26. The van der Waals surface area contributed by atoms with Gasteiger partial charge in [0.25, 0.3) is 5.56 Å². The molecule has 26 heavy (non-hydrogen) atoms. The van der Waals surface area contributed by atoms with Gasteiger partial charge in [0.1, 0.15) is 24.3 Å². The minimum atomic E-state index is -2.40. The van der Waals surface area contributed by atoms with Crippen LogP contribution in [0.3, 0.4) is 0 Å². The Bertz CT molecular complexity index is 963. The van der Waals surface area contributed by atoms with Gasteiger partial charge in [-0.1, -0.05) is 11.8 Å². The summed E-state index contributed by atoms with van der Waals surface area (Å²) in [5, 5.41) is 30.5. The molecule has 2 aromatic heterocycles. The molecule has 1 fully saturated rings. The Morgan fingerprint density at radius 3 is 2.92 bits per heavy atom. The van der Waals surface area contributed by atoms with E-state index in [9.17, 15) is 28.9 Å². The molecule has 3 rings (SSSR count). The molecule has 0 amide bonds. The molecule has 11 heteroatoms. The van der Waals surface area contributed by atoms with Gasteiger partial charge in [-0.05, 0) is 6.92 Å². The van der Waals surface area contributed by atoms with Crippen LogP contribution in [0.1, 0.15) is 13.2 Å². The topological polar surface area (TPSA) is 147 Å². The number of halogens is 2. The molecule has 0 aliphatic carbocycles. The van der Waals surface area contributed by atoms with Crippen LogP contribution in [0.4, 0.5) is 14.7 Å². The summed E-state index contributed by atoms with van der Waals surface area (Å²) in [6.45, 7) is 0.182. The van der Waals surface area contributed by atoms with Crippen LogP contribution in [0.25, 0.3) is 11.0 Å². The Morgan fingerprint density at radius 2 is 2.31 bits per heavy atom. The second-order valence-corrected chi connectivity index (χ2v) is 5.93. The van der Waals surface area contributed by atoms with Crippen molar-refractivity contribution in [1.29, 1.82) is 0 Å². The van der Waals surface area contributed by atoms with E-state index in [1.54, 1.807) is 0 Å². The number of aromatic amines is 1. The van der Waals surface area contributed by atoms with Crippen LogP contribution in [-0.2, 0) is 4.74 Å². The van der Waals surface area contributed by atoms with Crippen LogP contribution in [0.15, 0.2) is 11.0 Å². The molecule has 1 aliphatic heterocycles. The van der Waals surface area contributed by atoms with Gasteiger partial charge >= 0.3 is 0 Å². The summed E-state index contributed by atoms with van der Waals surface area (Å²) in [5.74, 6) is 2.85. The minimum Gasteiger partial charge on any atom is -0.391 e. The van der Waals surface area contributed by atoms with Crippen molar-refractivity contribution in [3.05, 3.63) is 22.4 Å². The summed E-state index contributed by atoms with van der Waals surface area (Å²) >= 11 is 0. The number of nitrogens with two attached hydrogens (primary N) is 1. The zero-order chi connectivity index (χ0) is 19.2. The number of aliphatic hydroxyl groups excluding tert-OH is 2. The number of nitrogens with zero attached hydrogens (tertiary/aromatic N) is 2. The Hall–Kier alpha value is -2.52. The van der Waals surface area contributed by atoms with Crippen molar-refractivity contribution in [3.63, 3.8) is 0 Å². The highest BCUT2D eigenvalue weighted by atomic mass is 19.1. The summed E-state index contributed by atoms with van der Waals surface area (Å²) in [4.78, 5) is 17.9. The van der Waals surface area contributed by atoms with E-state index in [0.29, 0.717) is 0 Å². The smallest absolute Gasteiger partial charge is 0.264 e. The van der Waals surface area contributed by atoms with Crippen LogP contribution in [0.5, 0.6) is 0 Å². The number of aromatic nitrogens is 3. The van der Waals surface area contributed by atoms with Gasteiger partial charge in [-0.25, -0.2) is 8.78 Å². The Kier molecular flexibility index (Phi) is 4.45. The van der Waals surface area contributed by atoms with Gasteiger partial charge in [-0.15, -0.1) is 0 Å². The van der Waals surface area contributed by atoms with Gasteiger partial charge in [0.2, 0.25) is 5.95 Å². The molecule has 1 unspecified atom stereocenters. The van der Waals surface area contributed by atoms with Crippen molar-refractivity contribution in [2.75, 3.05) is 12.4 Å². The highest BCUT2D eigenvalue weighted by Gasteiger charge is 2.57. The first-order chi connectivity index (χ1) is 12.2. The predicted octanol–water partition coefficient (Wildman–Crippen LogP) is -1.21. The zero-order valence-electron chi connectivity index (χ0n) is 13.5. The van der Waals surface area contributed by atoms with E-state index in [-0.39, 0.29) is 11.6 Å². The molecule has 1 saturated heterocycles. The van der Waals surface area contributed by atoms with Crippen molar-refractivity contribution < 1.29 is 28.8 Å². The highest BCUT2D eigenvalue weighted by Crippen LogP contribution is 2.41. The molecule has 5 atom stereocenters. The van der Waals surface area contributed by atoms with E-state index in [2.05, 4.69) is 15.9 Å². The second kappa shape index (κ2) is 6.33. The number of fused-ring (bicyclic) bond motifs is 1. The molecular formula is C15H16F2N4O5. The molecule has 1 aliphatic rings. The normalized spacial score (nSPS) is 29.5. The third-order valence-corrected chi connectivity index (χ3v) is 4.16. The van der Waals surface area contributed by atoms with E-state index < -0.39 is 53.6 Å². The number of hydrogen-bond acceptors (Lipinski definition) is 7. The first-order valence-corrected chi connectivity index (χ1v) is 7.56. The number of alkyl halides is 1. The van der Waals surface area contributed by atoms with Gasteiger partial charge in [-0.3, -0.25) is 14.3 Å². The standard InChI is InChI=1S/C15H16F2N4O5/c1-6(22)9-10(23)15(25,3-2-4-16)13(26-9)21-5-7(17)8-11(21)19-14(18)20-12(8)24/h5-6,9-10,13,22-23,25H,4H2,1H3,(H3,18,19,20,24)/t6-,9+,10?,13+,15+/m0/s1. The summed E-state index contributed by atoms with van der Waals surface area (Å²) in [7, 11) is 0. The lowest BCUT2D eigenvalue weighted by Crippen LogP contribution is -2.47. The molecule has 0 bridgehead atoms. The Balaban J connectivity index is 2.24. The average Bonchev–Trinajstić information content (AvgIpc) is 3.01. The number of ether oxygens (including phenoxy) is 1. The first-order valence-electron chi connectivity index (χ1n) is 7.56. The highest BCUT2D eigenvalue weighted by molar-refractivity contribution is 5.77. The number of rotatable bonds is 2. The first kappa shape index (κ1) is 18.3. The molecule has 3 heterocycles. The van der Waals surface area contributed by atoms with Gasteiger partial charge in [-0.2, -0.15) is 4.98 Å². The zero-order valence-corrected chi connectivity index (χ0v) is 13.5.